The van der Waals surface area contributed by atoms with E-state index >= 15 is 0 Å². The van der Waals surface area contributed by atoms with Crippen LogP contribution in [-0.2, 0) is 0 Å². The molecule has 0 heterocycles. The maximum atomic E-state index is 5.90. The summed E-state index contributed by atoms with van der Waals surface area (Å²) in [6.45, 7) is 4.78. The lowest BCUT2D eigenvalue weighted by Crippen LogP contribution is -2.03. The van der Waals surface area contributed by atoms with Gasteiger partial charge in [-0.3, -0.25) is 0 Å². The van der Waals surface area contributed by atoms with Gasteiger partial charge in [-0.2, -0.15) is 0 Å². The highest BCUT2D eigenvalue weighted by molar-refractivity contribution is 9.10. The Kier molecular flexibility index (Phi) is 4.45. The van der Waals surface area contributed by atoms with Crippen molar-refractivity contribution in [3.63, 3.8) is 0 Å². The topological polar surface area (TPSA) is 12.0 Å². The van der Waals surface area contributed by atoms with Crippen molar-refractivity contribution >= 4 is 38.8 Å². The van der Waals surface area contributed by atoms with E-state index in [9.17, 15) is 0 Å². The largest absolute Gasteiger partial charge is 0.380 e. The number of hydrogen-bond acceptors (Lipinski definition) is 1. The molecule has 92 valence electrons. The van der Waals surface area contributed by atoms with Gasteiger partial charge in [0.05, 0.1) is 0 Å². The molecule has 0 fully saturated rings. The summed E-state index contributed by atoms with van der Waals surface area (Å²) in [4.78, 5) is 0. The summed E-state index contributed by atoms with van der Waals surface area (Å²) in [7, 11) is 0. The van der Waals surface area contributed by atoms with Crippen LogP contribution in [0.5, 0.6) is 0 Å². The summed E-state index contributed by atoms with van der Waals surface area (Å²) in [5.41, 5.74) is 3.21. The first-order valence-electron chi connectivity index (χ1n) is 5.59. The SMILES string of the molecule is C=C(CNc1ccc(Cl)cc1Br)c1ccccc1. The van der Waals surface area contributed by atoms with Crippen molar-refractivity contribution in [2.24, 2.45) is 0 Å². The van der Waals surface area contributed by atoms with Gasteiger partial charge in [0.1, 0.15) is 0 Å². The van der Waals surface area contributed by atoms with Crippen molar-refractivity contribution < 1.29 is 0 Å². The zero-order chi connectivity index (χ0) is 13.0. The van der Waals surface area contributed by atoms with E-state index in [0.717, 1.165) is 21.3 Å². The van der Waals surface area contributed by atoms with Gasteiger partial charge in [-0.1, -0.05) is 48.5 Å². The molecule has 0 aliphatic heterocycles. The van der Waals surface area contributed by atoms with Crippen molar-refractivity contribution in [3.8, 4) is 0 Å². The molecule has 0 atom stereocenters. The van der Waals surface area contributed by atoms with Crippen molar-refractivity contribution in [1.29, 1.82) is 0 Å². The molecule has 0 radical (unpaired) electrons. The normalized spacial score (nSPS) is 10.1. The van der Waals surface area contributed by atoms with Crippen molar-refractivity contribution in [2.75, 3.05) is 11.9 Å². The number of halogens is 2. The quantitative estimate of drug-likeness (QED) is 0.813. The molecule has 0 unspecified atom stereocenters. The third kappa shape index (κ3) is 3.37. The molecule has 2 rings (SSSR count). The van der Waals surface area contributed by atoms with E-state index in [1.807, 2.05) is 36.4 Å². The van der Waals surface area contributed by atoms with Crippen LogP contribution in [0, 0.1) is 0 Å². The fraction of sp³-hybridized carbons (Fsp3) is 0.0667. The van der Waals surface area contributed by atoms with Gasteiger partial charge < -0.3 is 5.32 Å². The van der Waals surface area contributed by atoms with Gasteiger partial charge in [0, 0.05) is 21.7 Å². The second-order valence-electron chi connectivity index (χ2n) is 3.95. The molecule has 0 saturated carbocycles. The van der Waals surface area contributed by atoms with E-state index in [4.69, 9.17) is 11.6 Å². The average molecular weight is 323 g/mol. The molecule has 18 heavy (non-hydrogen) atoms. The average Bonchev–Trinajstić information content (AvgIpc) is 2.38. The summed E-state index contributed by atoms with van der Waals surface area (Å²) >= 11 is 9.38. The minimum atomic E-state index is 0.699. The van der Waals surface area contributed by atoms with Gasteiger partial charge in [-0.05, 0) is 45.3 Å². The second-order valence-corrected chi connectivity index (χ2v) is 5.24. The molecular weight excluding hydrogens is 310 g/mol. The van der Waals surface area contributed by atoms with E-state index in [0.29, 0.717) is 11.6 Å². The maximum absolute atomic E-state index is 5.90. The van der Waals surface area contributed by atoms with Crippen molar-refractivity contribution in [3.05, 3.63) is 70.2 Å². The molecule has 3 heteroatoms. The first-order chi connectivity index (χ1) is 8.66. The number of rotatable bonds is 4. The standard InChI is InChI=1S/C15H13BrClN/c1-11(12-5-3-2-4-6-12)10-18-15-8-7-13(17)9-14(15)16/h2-9,18H,1,10H2. The minimum absolute atomic E-state index is 0.699. The van der Waals surface area contributed by atoms with E-state index in [1.165, 1.54) is 0 Å². The smallest absolute Gasteiger partial charge is 0.0488 e. The highest BCUT2D eigenvalue weighted by Gasteiger charge is 2.02. The van der Waals surface area contributed by atoms with Crippen LogP contribution in [0.2, 0.25) is 5.02 Å². The molecule has 1 N–H and O–H groups in total. The predicted octanol–water partition coefficient (Wildman–Crippen LogP) is 5.23. The van der Waals surface area contributed by atoms with Crippen LogP contribution < -0.4 is 5.32 Å². The lowest BCUT2D eigenvalue weighted by atomic mass is 10.1. The van der Waals surface area contributed by atoms with Crippen LogP contribution in [0.25, 0.3) is 5.57 Å². The second kappa shape index (κ2) is 6.07. The summed E-state index contributed by atoms with van der Waals surface area (Å²) in [6.07, 6.45) is 0. The Bertz CT molecular complexity index is 552. The van der Waals surface area contributed by atoms with E-state index in [1.54, 1.807) is 0 Å². The monoisotopic (exact) mass is 321 g/mol. The van der Waals surface area contributed by atoms with Gasteiger partial charge in [0.15, 0.2) is 0 Å². The third-order valence-electron chi connectivity index (χ3n) is 2.61. The Balaban J connectivity index is 2.02. The third-order valence-corrected chi connectivity index (χ3v) is 3.50. The van der Waals surface area contributed by atoms with Crippen molar-refractivity contribution in [1.82, 2.24) is 0 Å². The Hall–Kier alpha value is -1.25. The Morgan fingerprint density at radius 3 is 2.56 bits per heavy atom. The molecule has 1 nitrogen and oxygen atoms in total. The fourth-order valence-corrected chi connectivity index (χ4v) is 2.43. The van der Waals surface area contributed by atoms with Crippen LogP contribution in [0.4, 0.5) is 5.69 Å². The molecular formula is C15H13BrClN. The van der Waals surface area contributed by atoms with Crippen LogP contribution in [0.3, 0.4) is 0 Å². The molecule has 0 aliphatic carbocycles. The first-order valence-corrected chi connectivity index (χ1v) is 6.76. The van der Waals surface area contributed by atoms with E-state index in [-0.39, 0.29) is 0 Å². The lowest BCUT2D eigenvalue weighted by molar-refractivity contribution is 1.33. The summed E-state index contributed by atoms with van der Waals surface area (Å²) in [5.74, 6) is 0. The molecule has 0 spiro atoms. The Morgan fingerprint density at radius 1 is 1.17 bits per heavy atom. The van der Waals surface area contributed by atoms with Crippen LogP contribution >= 0.6 is 27.5 Å². The van der Waals surface area contributed by atoms with E-state index < -0.39 is 0 Å². The summed E-state index contributed by atoms with van der Waals surface area (Å²) in [5, 5.41) is 4.05. The zero-order valence-corrected chi connectivity index (χ0v) is 12.1. The van der Waals surface area contributed by atoms with Crippen LogP contribution in [0.15, 0.2) is 59.6 Å². The van der Waals surface area contributed by atoms with Crippen molar-refractivity contribution in [2.45, 2.75) is 0 Å². The lowest BCUT2D eigenvalue weighted by Gasteiger charge is -2.11. The molecule has 0 amide bonds. The summed E-state index contributed by atoms with van der Waals surface area (Å²) < 4.78 is 0.955. The minimum Gasteiger partial charge on any atom is -0.380 e. The van der Waals surface area contributed by atoms with Gasteiger partial charge in [0.2, 0.25) is 0 Å². The van der Waals surface area contributed by atoms with Gasteiger partial charge in [0.25, 0.3) is 0 Å². The first kappa shape index (κ1) is 13.2. The van der Waals surface area contributed by atoms with Crippen LogP contribution in [-0.4, -0.2) is 6.54 Å². The Labute approximate surface area is 121 Å². The van der Waals surface area contributed by atoms with Gasteiger partial charge >= 0.3 is 0 Å². The fourth-order valence-electron chi connectivity index (χ4n) is 1.61. The number of anilines is 1. The molecule has 0 aliphatic rings. The summed E-state index contributed by atoms with van der Waals surface area (Å²) in [6, 6.07) is 15.8. The highest BCUT2D eigenvalue weighted by Crippen LogP contribution is 2.26. The molecule has 0 aromatic heterocycles. The highest BCUT2D eigenvalue weighted by atomic mass is 79.9. The zero-order valence-electron chi connectivity index (χ0n) is 9.79. The number of benzene rings is 2. The van der Waals surface area contributed by atoms with Gasteiger partial charge in [-0.25, -0.2) is 0 Å². The molecule has 2 aromatic carbocycles. The molecule has 0 saturated heterocycles. The maximum Gasteiger partial charge on any atom is 0.0488 e. The number of hydrogen-bond donors (Lipinski definition) is 1. The van der Waals surface area contributed by atoms with Gasteiger partial charge in [-0.15, -0.1) is 0 Å². The van der Waals surface area contributed by atoms with E-state index in [2.05, 4.69) is 40.0 Å². The molecule has 0 bridgehead atoms. The Morgan fingerprint density at radius 2 is 1.89 bits per heavy atom. The molecule has 2 aromatic rings. The number of nitrogens with one attached hydrogen (secondary N) is 1. The predicted molar refractivity (Wildman–Crippen MR) is 83.1 cm³/mol. The van der Waals surface area contributed by atoms with Crippen LogP contribution in [0.1, 0.15) is 5.56 Å².